The van der Waals surface area contributed by atoms with E-state index in [0.29, 0.717) is 6.54 Å². The summed E-state index contributed by atoms with van der Waals surface area (Å²) < 4.78 is 0. The quantitative estimate of drug-likeness (QED) is 0.530. The number of rotatable bonds is 5. The first-order valence-corrected chi connectivity index (χ1v) is 5.36. The van der Waals surface area contributed by atoms with E-state index in [4.69, 9.17) is 12.2 Å². The van der Waals surface area contributed by atoms with Gasteiger partial charge < -0.3 is 11.1 Å². The van der Waals surface area contributed by atoms with Crippen LogP contribution < -0.4 is 11.1 Å². The average Bonchev–Trinajstić information content (AvgIpc) is 2.14. The zero-order valence-corrected chi connectivity index (χ0v) is 9.97. The number of unbranched alkanes of at least 4 members (excludes halogenated alkanes) is 2. The number of hydrogen-bond acceptors (Lipinski definition) is 2. The fraction of sp³-hybridized carbons (Fsp3) is 0.750. The normalized spacial score (nSPS) is 13.0. The fourth-order valence-electron chi connectivity index (χ4n) is 1.07. The van der Waals surface area contributed by atoms with Gasteiger partial charge in [-0.3, -0.25) is 4.79 Å². The zero-order chi connectivity index (χ0) is 11.9. The average molecular weight is 210 g/mol. The van der Waals surface area contributed by atoms with Crippen LogP contribution in [0.3, 0.4) is 0 Å². The monoisotopic (exact) mass is 210 g/mol. The van der Waals surface area contributed by atoms with Crippen LogP contribution in [0, 0.1) is 17.8 Å². The van der Waals surface area contributed by atoms with Gasteiger partial charge in [-0.05, 0) is 18.3 Å². The van der Waals surface area contributed by atoms with E-state index in [1.165, 1.54) is 0 Å². The van der Waals surface area contributed by atoms with Crippen LogP contribution in [-0.4, -0.2) is 18.5 Å². The van der Waals surface area contributed by atoms with E-state index in [0.717, 1.165) is 19.3 Å². The van der Waals surface area contributed by atoms with Gasteiger partial charge in [-0.1, -0.05) is 20.8 Å². The maximum atomic E-state index is 11.5. The summed E-state index contributed by atoms with van der Waals surface area (Å²) in [4.78, 5) is 11.5. The molecule has 0 aromatic carbocycles. The second kappa shape index (κ2) is 6.47. The Morgan fingerprint density at radius 2 is 2.07 bits per heavy atom. The highest BCUT2D eigenvalue weighted by molar-refractivity contribution is 5.82. The number of nitrogens with two attached hydrogens (primary N) is 1. The van der Waals surface area contributed by atoms with E-state index >= 15 is 0 Å². The van der Waals surface area contributed by atoms with Crippen molar-refractivity contribution in [1.82, 2.24) is 5.32 Å². The third-order valence-corrected chi connectivity index (χ3v) is 2.26. The van der Waals surface area contributed by atoms with Gasteiger partial charge in [-0.25, -0.2) is 0 Å². The van der Waals surface area contributed by atoms with Gasteiger partial charge >= 0.3 is 0 Å². The highest BCUT2D eigenvalue weighted by atomic mass is 16.2. The van der Waals surface area contributed by atoms with E-state index in [9.17, 15) is 4.79 Å². The smallest absolute Gasteiger partial charge is 0.237 e. The summed E-state index contributed by atoms with van der Waals surface area (Å²) in [5.74, 6) is 2.49. The molecule has 0 radical (unpaired) electrons. The van der Waals surface area contributed by atoms with E-state index in [-0.39, 0.29) is 11.3 Å². The Balaban J connectivity index is 3.71. The van der Waals surface area contributed by atoms with Crippen LogP contribution in [0.5, 0.6) is 0 Å². The Hall–Kier alpha value is -1.01. The maximum Gasteiger partial charge on any atom is 0.237 e. The molecular formula is C12H22N2O. The first kappa shape index (κ1) is 14.0. The molecule has 0 aromatic rings. The Morgan fingerprint density at radius 1 is 1.47 bits per heavy atom. The van der Waals surface area contributed by atoms with Crippen LogP contribution in [0.15, 0.2) is 0 Å². The molecule has 0 rings (SSSR count). The molecule has 3 N–H and O–H groups in total. The lowest BCUT2D eigenvalue weighted by Gasteiger charge is -2.25. The number of carbonyl (C=O) groups is 1. The van der Waals surface area contributed by atoms with Crippen LogP contribution in [-0.2, 0) is 4.79 Å². The van der Waals surface area contributed by atoms with Crippen molar-refractivity contribution >= 4 is 5.91 Å². The van der Waals surface area contributed by atoms with Crippen LogP contribution in [0.1, 0.15) is 40.0 Å². The molecule has 0 saturated heterocycles. The van der Waals surface area contributed by atoms with E-state index in [1.807, 2.05) is 20.8 Å². The van der Waals surface area contributed by atoms with Crippen molar-refractivity contribution in [1.29, 1.82) is 0 Å². The van der Waals surface area contributed by atoms with Gasteiger partial charge in [0.05, 0.1) is 6.04 Å². The van der Waals surface area contributed by atoms with E-state index in [1.54, 1.807) is 0 Å². The Kier molecular flexibility index (Phi) is 6.03. The van der Waals surface area contributed by atoms with Crippen molar-refractivity contribution in [2.75, 3.05) is 6.54 Å². The molecule has 0 aliphatic carbocycles. The second-order valence-corrected chi connectivity index (χ2v) is 4.80. The predicted octanol–water partition coefficient (Wildman–Crippen LogP) is 1.28. The van der Waals surface area contributed by atoms with Gasteiger partial charge in [-0.15, -0.1) is 12.3 Å². The standard InChI is InChI=1S/C12H22N2O/c1-5-6-7-8-9-14-11(15)10(13)12(2,3)4/h1,10H,6-9,13H2,2-4H3,(H,14,15). The van der Waals surface area contributed by atoms with Crippen molar-refractivity contribution in [2.24, 2.45) is 11.1 Å². The van der Waals surface area contributed by atoms with Gasteiger partial charge in [0, 0.05) is 13.0 Å². The minimum atomic E-state index is -0.454. The summed E-state index contributed by atoms with van der Waals surface area (Å²) in [5, 5.41) is 2.82. The first-order valence-electron chi connectivity index (χ1n) is 5.36. The summed E-state index contributed by atoms with van der Waals surface area (Å²) in [7, 11) is 0. The van der Waals surface area contributed by atoms with Crippen molar-refractivity contribution in [3.63, 3.8) is 0 Å². The number of nitrogens with one attached hydrogen (secondary N) is 1. The van der Waals surface area contributed by atoms with Crippen LogP contribution in [0.2, 0.25) is 0 Å². The molecule has 3 nitrogen and oxygen atoms in total. The topological polar surface area (TPSA) is 55.1 Å². The third kappa shape index (κ3) is 6.14. The SMILES string of the molecule is C#CCCCCNC(=O)C(N)C(C)(C)C. The van der Waals surface area contributed by atoms with Crippen LogP contribution >= 0.6 is 0 Å². The molecule has 86 valence electrons. The Morgan fingerprint density at radius 3 is 2.53 bits per heavy atom. The molecule has 0 fully saturated rings. The zero-order valence-electron chi connectivity index (χ0n) is 9.97. The van der Waals surface area contributed by atoms with Gasteiger partial charge in [0.25, 0.3) is 0 Å². The second-order valence-electron chi connectivity index (χ2n) is 4.80. The Labute approximate surface area is 92.8 Å². The van der Waals surface area contributed by atoms with Gasteiger partial charge in [0.15, 0.2) is 0 Å². The molecule has 0 heterocycles. The first-order chi connectivity index (χ1) is 6.89. The molecular weight excluding hydrogens is 188 g/mol. The summed E-state index contributed by atoms with van der Waals surface area (Å²) in [5.41, 5.74) is 5.60. The fourth-order valence-corrected chi connectivity index (χ4v) is 1.07. The van der Waals surface area contributed by atoms with Crippen LogP contribution in [0.4, 0.5) is 0 Å². The molecule has 0 bridgehead atoms. The minimum absolute atomic E-state index is 0.0804. The maximum absolute atomic E-state index is 11.5. The number of carbonyl (C=O) groups excluding carboxylic acids is 1. The Bertz CT molecular complexity index is 235. The van der Waals surface area contributed by atoms with Gasteiger partial charge in [0.2, 0.25) is 5.91 Å². The minimum Gasteiger partial charge on any atom is -0.355 e. The largest absolute Gasteiger partial charge is 0.355 e. The molecule has 0 spiro atoms. The molecule has 3 heteroatoms. The van der Waals surface area contributed by atoms with Crippen molar-refractivity contribution in [3.05, 3.63) is 0 Å². The molecule has 0 aliphatic heterocycles. The lowest BCUT2D eigenvalue weighted by molar-refractivity contribution is -0.124. The molecule has 15 heavy (non-hydrogen) atoms. The van der Waals surface area contributed by atoms with Crippen LogP contribution in [0.25, 0.3) is 0 Å². The molecule has 0 saturated carbocycles. The molecule has 0 aromatic heterocycles. The van der Waals surface area contributed by atoms with Crippen molar-refractivity contribution < 1.29 is 4.79 Å². The van der Waals surface area contributed by atoms with Gasteiger partial charge in [-0.2, -0.15) is 0 Å². The number of hydrogen-bond donors (Lipinski definition) is 2. The molecule has 0 aliphatic rings. The lowest BCUT2D eigenvalue weighted by Crippen LogP contribution is -2.48. The van der Waals surface area contributed by atoms with E-state index in [2.05, 4.69) is 11.2 Å². The van der Waals surface area contributed by atoms with Crippen molar-refractivity contribution in [2.45, 2.75) is 46.1 Å². The number of amides is 1. The van der Waals surface area contributed by atoms with Crippen molar-refractivity contribution in [3.8, 4) is 12.3 Å². The predicted molar refractivity (Wildman–Crippen MR) is 63.1 cm³/mol. The van der Waals surface area contributed by atoms with Gasteiger partial charge in [0.1, 0.15) is 0 Å². The summed E-state index contributed by atoms with van der Waals surface area (Å²) >= 11 is 0. The highest BCUT2D eigenvalue weighted by Crippen LogP contribution is 2.16. The molecule has 1 unspecified atom stereocenters. The molecule has 1 atom stereocenters. The summed E-state index contributed by atoms with van der Waals surface area (Å²) in [6, 6.07) is -0.454. The van der Waals surface area contributed by atoms with E-state index < -0.39 is 6.04 Å². The summed E-state index contributed by atoms with van der Waals surface area (Å²) in [6.45, 7) is 6.52. The number of terminal acetylenes is 1. The third-order valence-electron chi connectivity index (χ3n) is 2.26. The summed E-state index contributed by atoms with van der Waals surface area (Å²) in [6.07, 6.45) is 7.74. The molecule has 1 amide bonds. The lowest BCUT2D eigenvalue weighted by atomic mass is 9.87. The highest BCUT2D eigenvalue weighted by Gasteiger charge is 2.26.